The number of benzene rings is 2. The van der Waals surface area contributed by atoms with Gasteiger partial charge in [-0.15, -0.1) is 0 Å². The average molecular weight is 292 g/mol. The van der Waals surface area contributed by atoms with E-state index < -0.39 is 0 Å². The molecule has 2 aromatic carbocycles. The summed E-state index contributed by atoms with van der Waals surface area (Å²) in [6.07, 6.45) is 0. The molecule has 106 valence electrons. The van der Waals surface area contributed by atoms with Crippen LogP contribution in [0.25, 0.3) is 0 Å². The molecule has 2 N–H and O–H groups in total. The molecule has 0 fully saturated rings. The molecule has 3 nitrogen and oxygen atoms in total. The summed E-state index contributed by atoms with van der Waals surface area (Å²) in [6, 6.07) is 13.3. The zero-order valence-corrected chi connectivity index (χ0v) is 12.4. The van der Waals surface area contributed by atoms with Crippen molar-refractivity contribution in [2.45, 2.75) is 19.6 Å². The number of hydrogen-bond donors (Lipinski definition) is 1. The Morgan fingerprint density at radius 2 is 1.80 bits per heavy atom. The second-order valence-electron chi connectivity index (χ2n) is 4.61. The smallest absolute Gasteiger partial charge is 0.161 e. The van der Waals surface area contributed by atoms with Gasteiger partial charge in [-0.25, -0.2) is 0 Å². The zero-order valence-electron chi connectivity index (χ0n) is 11.6. The predicted octanol–water partition coefficient (Wildman–Crippen LogP) is 3.95. The molecule has 0 bridgehead atoms. The largest absolute Gasteiger partial charge is 0.493 e. The lowest BCUT2D eigenvalue weighted by Crippen LogP contribution is -2.05. The molecule has 2 aromatic rings. The molecule has 2 rings (SSSR count). The lowest BCUT2D eigenvalue weighted by atomic mass is 10.1. The molecule has 1 atom stereocenters. The van der Waals surface area contributed by atoms with Gasteiger partial charge < -0.3 is 15.2 Å². The van der Waals surface area contributed by atoms with Crippen LogP contribution in [0, 0.1) is 0 Å². The Bertz CT molecular complexity index is 567. The fourth-order valence-electron chi connectivity index (χ4n) is 1.83. The highest BCUT2D eigenvalue weighted by molar-refractivity contribution is 6.30. The monoisotopic (exact) mass is 291 g/mol. The van der Waals surface area contributed by atoms with Crippen LogP contribution in [0.4, 0.5) is 0 Å². The van der Waals surface area contributed by atoms with Gasteiger partial charge in [-0.1, -0.05) is 29.8 Å². The van der Waals surface area contributed by atoms with Gasteiger partial charge in [0.05, 0.1) is 7.11 Å². The third-order valence-corrected chi connectivity index (χ3v) is 3.27. The molecule has 1 unspecified atom stereocenters. The maximum Gasteiger partial charge on any atom is 0.161 e. The van der Waals surface area contributed by atoms with E-state index in [4.69, 9.17) is 26.8 Å². The summed E-state index contributed by atoms with van der Waals surface area (Å²) in [7, 11) is 1.62. The van der Waals surface area contributed by atoms with Gasteiger partial charge >= 0.3 is 0 Å². The second kappa shape index (κ2) is 6.64. The Morgan fingerprint density at radius 3 is 2.40 bits per heavy atom. The van der Waals surface area contributed by atoms with Crippen molar-refractivity contribution in [3.05, 3.63) is 58.6 Å². The molecule has 0 spiro atoms. The predicted molar refractivity (Wildman–Crippen MR) is 81.4 cm³/mol. The van der Waals surface area contributed by atoms with E-state index in [2.05, 4.69) is 0 Å². The van der Waals surface area contributed by atoms with Crippen LogP contribution in [0.5, 0.6) is 11.5 Å². The van der Waals surface area contributed by atoms with E-state index in [1.165, 1.54) is 0 Å². The van der Waals surface area contributed by atoms with Gasteiger partial charge in [-0.2, -0.15) is 0 Å². The van der Waals surface area contributed by atoms with Gasteiger partial charge in [0.15, 0.2) is 11.5 Å². The molecule has 0 radical (unpaired) electrons. The molecule has 20 heavy (non-hydrogen) atoms. The van der Waals surface area contributed by atoms with Crippen molar-refractivity contribution in [3.63, 3.8) is 0 Å². The summed E-state index contributed by atoms with van der Waals surface area (Å²) in [6.45, 7) is 2.40. The minimum Gasteiger partial charge on any atom is -0.493 e. The van der Waals surface area contributed by atoms with Crippen molar-refractivity contribution in [2.75, 3.05) is 7.11 Å². The SMILES string of the molecule is COc1cc(C(C)N)ccc1OCc1ccc(Cl)cc1. The van der Waals surface area contributed by atoms with Crippen molar-refractivity contribution in [1.29, 1.82) is 0 Å². The average Bonchev–Trinajstić information content (AvgIpc) is 2.46. The summed E-state index contributed by atoms with van der Waals surface area (Å²) in [5.74, 6) is 1.39. The van der Waals surface area contributed by atoms with E-state index in [1.807, 2.05) is 49.4 Å². The highest BCUT2D eigenvalue weighted by atomic mass is 35.5. The summed E-state index contributed by atoms with van der Waals surface area (Å²) < 4.78 is 11.1. The fourth-order valence-corrected chi connectivity index (χ4v) is 1.95. The van der Waals surface area contributed by atoms with Crippen LogP contribution in [0.2, 0.25) is 5.02 Å². The topological polar surface area (TPSA) is 44.5 Å². The molecule has 0 aromatic heterocycles. The van der Waals surface area contributed by atoms with Crippen molar-refractivity contribution in [1.82, 2.24) is 0 Å². The number of hydrogen-bond acceptors (Lipinski definition) is 3. The Hall–Kier alpha value is -1.71. The summed E-state index contributed by atoms with van der Waals surface area (Å²) in [5, 5.41) is 0.715. The highest BCUT2D eigenvalue weighted by Crippen LogP contribution is 2.30. The lowest BCUT2D eigenvalue weighted by molar-refractivity contribution is 0.284. The lowest BCUT2D eigenvalue weighted by Gasteiger charge is -2.13. The van der Waals surface area contributed by atoms with Crippen LogP contribution in [0.1, 0.15) is 24.1 Å². The Morgan fingerprint density at radius 1 is 1.10 bits per heavy atom. The van der Waals surface area contributed by atoms with Crippen LogP contribution in [-0.4, -0.2) is 7.11 Å². The maximum atomic E-state index is 5.86. The van der Waals surface area contributed by atoms with Crippen molar-refractivity contribution >= 4 is 11.6 Å². The standard InChI is InChI=1S/C16H18ClNO2/c1-11(18)13-5-8-15(16(9-13)19-2)20-10-12-3-6-14(17)7-4-12/h3-9,11H,10,18H2,1-2H3. The molecule has 0 heterocycles. The molecule has 0 aliphatic rings. The highest BCUT2D eigenvalue weighted by Gasteiger charge is 2.08. The molecule has 0 amide bonds. The summed E-state index contributed by atoms with van der Waals surface area (Å²) >= 11 is 5.85. The van der Waals surface area contributed by atoms with Gasteiger partial charge in [-0.3, -0.25) is 0 Å². The van der Waals surface area contributed by atoms with Gasteiger partial charge in [0.25, 0.3) is 0 Å². The fraction of sp³-hybridized carbons (Fsp3) is 0.250. The Balaban J connectivity index is 2.10. The number of ether oxygens (including phenoxy) is 2. The van der Waals surface area contributed by atoms with E-state index in [1.54, 1.807) is 7.11 Å². The maximum absolute atomic E-state index is 5.86. The third kappa shape index (κ3) is 3.65. The minimum atomic E-state index is -0.0331. The summed E-state index contributed by atoms with van der Waals surface area (Å²) in [4.78, 5) is 0. The first-order valence-electron chi connectivity index (χ1n) is 6.41. The van der Waals surface area contributed by atoms with Crippen LogP contribution in [0.3, 0.4) is 0 Å². The zero-order chi connectivity index (χ0) is 14.5. The van der Waals surface area contributed by atoms with Crippen LogP contribution >= 0.6 is 11.6 Å². The first-order valence-corrected chi connectivity index (χ1v) is 6.78. The van der Waals surface area contributed by atoms with Gasteiger partial charge in [0.1, 0.15) is 6.61 Å². The molecule has 0 aliphatic heterocycles. The van der Waals surface area contributed by atoms with E-state index in [0.717, 1.165) is 11.1 Å². The minimum absolute atomic E-state index is 0.0331. The van der Waals surface area contributed by atoms with Crippen molar-refractivity contribution in [2.24, 2.45) is 5.73 Å². The first-order chi connectivity index (χ1) is 9.60. The number of rotatable bonds is 5. The van der Waals surface area contributed by atoms with Crippen LogP contribution < -0.4 is 15.2 Å². The third-order valence-electron chi connectivity index (χ3n) is 3.02. The molecule has 0 saturated carbocycles. The molecule has 0 saturated heterocycles. The second-order valence-corrected chi connectivity index (χ2v) is 5.05. The Kier molecular flexibility index (Phi) is 4.88. The Labute approximate surface area is 124 Å². The van der Waals surface area contributed by atoms with Gasteiger partial charge in [-0.05, 0) is 42.3 Å². The quantitative estimate of drug-likeness (QED) is 0.907. The van der Waals surface area contributed by atoms with Crippen LogP contribution in [0.15, 0.2) is 42.5 Å². The first kappa shape index (κ1) is 14.7. The molecule has 0 aliphatic carbocycles. The number of halogens is 1. The van der Waals surface area contributed by atoms with Gasteiger partial charge in [0, 0.05) is 11.1 Å². The van der Waals surface area contributed by atoms with Crippen molar-refractivity contribution < 1.29 is 9.47 Å². The number of methoxy groups -OCH3 is 1. The van der Waals surface area contributed by atoms with E-state index in [-0.39, 0.29) is 6.04 Å². The molecule has 4 heteroatoms. The van der Waals surface area contributed by atoms with Crippen molar-refractivity contribution in [3.8, 4) is 11.5 Å². The van der Waals surface area contributed by atoms with E-state index >= 15 is 0 Å². The van der Waals surface area contributed by atoms with Gasteiger partial charge in [0.2, 0.25) is 0 Å². The normalized spacial score (nSPS) is 12.0. The van der Waals surface area contributed by atoms with Crippen LogP contribution in [-0.2, 0) is 6.61 Å². The summed E-state index contributed by atoms with van der Waals surface area (Å²) in [5.41, 5.74) is 7.92. The molecular formula is C16H18ClNO2. The van der Waals surface area contributed by atoms with E-state index in [0.29, 0.717) is 23.1 Å². The molecular weight excluding hydrogens is 274 g/mol. The van der Waals surface area contributed by atoms with E-state index in [9.17, 15) is 0 Å². The number of nitrogens with two attached hydrogens (primary N) is 1.